The van der Waals surface area contributed by atoms with E-state index >= 15 is 0 Å². The van der Waals surface area contributed by atoms with Crippen molar-refractivity contribution in [1.29, 1.82) is 0 Å². The monoisotopic (exact) mass is 236 g/mol. The summed E-state index contributed by atoms with van der Waals surface area (Å²) in [5, 5.41) is 0. The minimum atomic E-state index is 0.0264. The fourth-order valence-electron chi connectivity index (χ4n) is 1.50. The number of rotatable bonds is 6. The lowest BCUT2D eigenvalue weighted by atomic mass is 10.0. The Bertz CT molecular complexity index is 333. The SMILES string of the molecule is CCOc1ccc(CN(C)C(C)(C)CN)cc1. The van der Waals surface area contributed by atoms with E-state index in [1.165, 1.54) is 5.56 Å². The molecule has 0 heterocycles. The van der Waals surface area contributed by atoms with Crippen molar-refractivity contribution in [2.24, 2.45) is 5.73 Å². The molecular formula is C14H24N2O. The number of nitrogens with zero attached hydrogens (tertiary/aromatic N) is 1. The van der Waals surface area contributed by atoms with E-state index in [4.69, 9.17) is 10.5 Å². The van der Waals surface area contributed by atoms with Crippen LogP contribution in [0, 0.1) is 0 Å². The first-order chi connectivity index (χ1) is 7.99. The van der Waals surface area contributed by atoms with Gasteiger partial charge in [0.25, 0.3) is 0 Å². The molecule has 0 fully saturated rings. The predicted octanol–water partition coefficient (Wildman–Crippen LogP) is 2.25. The third-order valence-electron chi connectivity index (χ3n) is 3.19. The highest BCUT2D eigenvalue weighted by atomic mass is 16.5. The van der Waals surface area contributed by atoms with Gasteiger partial charge in [-0.15, -0.1) is 0 Å². The van der Waals surface area contributed by atoms with Gasteiger partial charge in [-0.25, -0.2) is 0 Å². The Balaban J connectivity index is 2.63. The average molecular weight is 236 g/mol. The van der Waals surface area contributed by atoms with Gasteiger partial charge in [-0.1, -0.05) is 12.1 Å². The lowest BCUT2D eigenvalue weighted by molar-refractivity contribution is 0.155. The molecule has 3 heteroatoms. The quantitative estimate of drug-likeness (QED) is 0.823. The smallest absolute Gasteiger partial charge is 0.119 e. The molecule has 0 radical (unpaired) electrons. The Hall–Kier alpha value is -1.06. The maximum absolute atomic E-state index is 5.76. The molecule has 17 heavy (non-hydrogen) atoms. The zero-order valence-electron chi connectivity index (χ0n) is 11.4. The second kappa shape index (κ2) is 6.03. The molecule has 0 aliphatic rings. The van der Waals surface area contributed by atoms with Crippen LogP contribution in [0.3, 0.4) is 0 Å². The summed E-state index contributed by atoms with van der Waals surface area (Å²) in [5.41, 5.74) is 7.06. The summed E-state index contributed by atoms with van der Waals surface area (Å²) in [5.74, 6) is 0.928. The summed E-state index contributed by atoms with van der Waals surface area (Å²) in [4.78, 5) is 2.27. The third kappa shape index (κ3) is 4.02. The zero-order chi connectivity index (χ0) is 12.9. The van der Waals surface area contributed by atoms with E-state index in [0.29, 0.717) is 13.2 Å². The molecule has 3 nitrogen and oxygen atoms in total. The molecular weight excluding hydrogens is 212 g/mol. The van der Waals surface area contributed by atoms with Crippen molar-refractivity contribution in [3.05, 3.63) is 29.8 Å². The van der Waals surface area contributed by atoms with Crippen LogP contribution in [0.25, 0.3) is 0 Å². The first-order valence-electron chi connectivity index (χ1n) is 6.12. The molecule has 1 aromatic carbocycles. The normalized spacial score (nSPS) is 11.9. The molecule has 0 aliphatic carbocycles. The molecule has 1 aromatic rings. The lowest BCUT2D eigenvalue weighted by Crippen LogP contribution is -2.46. The van der Waals surface area contributed by atoms with Gasteiger partial charge in [0.15, 0.2) is 0 Å². The van der Waals surface area contributed by atoms with Crippen molar-refractivity contribution in [3.8, 4) is 5.75 Å². The molecule has 0 aromatic heterocycles. The molecule has 0 spiro atoms. The van der Waals surface area contributed by atoms with Gasteiger partial charge < -0.3 is 10.5 Å². The van der Waals surface area contributed by atoms with E-state index in [1.54, 1.807) is 0 Å². The van der Waals surface area contributed by atoms with Crippen LogP contribution in [0.1, 0.15) is 26.3 Å². The Labute approximate surface area is 105 Å². The minimum absolute atomic E-state index is 0.0264. The highest BCUT2D eigenvalue weighted by molar-refractivity contribution is 5.27. The number of nitrogens with two attached hydrogens (primary N) is 1. The first-order valence-corrected chi connectivity index (χ1v) is 6.12. The van der Waals surface area contributed by atoms with E-state index in [1.807, 2.05) is 19.1 Å². The third-order valence-corrected chi connectivity index (χ3v) is 3.19. The van der Waals surface area contributed by atoms with Crippen LogP contribution >= 0.6 is 0 Å². The van der Waals surface area contributed by atoms with E-state index in [-0.39, 0.29) is 5.54 Å². The van der Waals surface area contributed by atoms with Crippen LogP contribution < -0.4 is 10.5 Å². The summed E-state index contributed by atoms with van der Waals surface area (Å²) < 4.78 is 5.42. The van der Waals surface area contributed by atoms with Gasteiger partial charge in [0, 0.05) is 18.6 Å². The molecule has 0 atom stereocenters. The largest absolute Gasteiger partial charge is 0.494 e. The summed E-state index contributed by atoms with van der Waals surface area (Å²) in [7, 11) is 2.10. The molecule has 0 saturated heterocycles. The summed E-state index contributed by atoms with van der Waals surface area (Å²) in [6.07, 6.45) is 0. The predicted molar refractivity (Wildman–Crippen MR) is 72.2 cm³/mol. The standard InChI is InChI=1S/C14H24N2O/c1-5-17-13-8-6-12(7-9-13)10-16(4)14(2,3)11-15/h6-9H,5,10-11,15H2,1-4H3. The molecule has 0 unspecified atom stereocenters. The highest BCUT2D eigenvalue weighted by Crippen LogP contribution is 2.17. The number of hydrogen-bond acceptors (Lipinski definition) is 3. The van der Waals surface area contributed by atoms with Crippen molar-refractivity contribution in [2.75, 3.05) is 20.2 Å². The van der Waals surface area contributed by atoms with Gasteiger partial charge in [-0.2, -0.15) is 0 Å². The average Bonchev–Trinajstić information content (AvgIpc) is 2.32. The Kier molecular flexibility index (Phi) is 4.97. The lowest BCUT2D eigenvalue weighted by Gasteiger charge is -2.34. The van der Waals surface area contributed by atoms with Crippen LogP contribution in [0.5, 0.6) is 5.75 Å². The van der Waals surface area contributed by atoms with E-state index in [0.717, 1.165) is 12.3 Å². The van der Waals surface area contributed by atoms with Crippen molar-refractivity contribution in [3.63, 3.8) is 0 Å². The molecule has 0 amide bonds. The molecule has 0 bridgehead atoms. The van der Waals surface area contributed by atoms with Crippen molar-refractivity contribution in [1.82, 2.24) is 4.90 Å². The van der Waals surface area contributed by atoms with Crippen LogP contribution in [0.2, 0.25) is 0 Å². The fourth-order valence-corrected chi connectivity index (χ4v) is 1.50. The van der Waals surface area contributed by atoms with Crippen molar-refractivity contribution >= 4 is 0 Å². The maximum Gasteiger partial charge on any atom is 0.119 e. The Morgan fingerprint density at radius 1 is 1.24 bits per heavy atom. The van der Waals surface area contributed by atoms with Crippen LogP contribution in [-0.4, -0.2) is 30.6 Å². The Morgan fingerprint density at radius 3 is 2.29 bits per heavy atom. The van der Waals surface area contributed by atoms with Crippen LogP contribution in [-0.2, 0) is 6.54 Å². The summed E-state index contributed by atoms with van der Waals surface area (Å²) >= 11 is 0. The number of hydrogen-bond donors (Lipinski definition) is 1. The van der Waals surface area contributed by atoms with E-state index < -0.39 is 0 Å². The molecule has 0 aliphatic heterocycles. The van der Waals surface area contributed by atoms with E-state index in [2.05, 4.69) is 37.9 Å². The van der Waals surface area contributed by atoms with Crippen LogP contribution in [0.15, 0.2) is 24.3 Å². The van der Waals surface area contributed by atoms with Gasteiger partial charge >= 0.3 is 0 Å². The molecule has 2 N–H and O–H groups in total. The van der Waals surface area contributed by atoms with Crippen molar-refractivity contribution < 1.29 is 4.74 Å². The molecule has 96 valence electrons. The zero-order valence-corrected chi connectivity index (χ0v) is 11.4. The van der Waals surface area contributed by atoms with Gasteiger partial charge in [0.2, 0.25) is 0 Å². The van der Waals surface area contributed by atoms with Gasteiger partial charge in [-0.05, 0) is 45.5 Å². The minimum Gasteiger partial charge on any atom is -0.494 e. The summed E-state index contributed by atoms with van der Waals surface area (Å²) in [6.45, 7) is 8.56. The Morgan fingerprint density at radius 2 is 1.82 bits per heavy atom. The van der Waals surface area contributed by atoms with Crippen molar-refractivity contribution in [2.45, 2.75) is 32.9 Å². The van der Waals surface area contributed by atoms with Gasteiger partial charge in [0.05, 0.1) is 6.61 Å². The van der Waals surface area contributed by atoms with E-state index in [9.17, 15) is 0 Å². The van der Waals surface area contributed by atoms with Crippen LogP contribution in [0.4, 0.5) is 0 Å². The topological polar surface area (TPSA) is 38.5 Å². The molecule has 1 rings (SSSR count). The first kappa shape index (κ1) is 14.0. The summed E-state index contributed by atoms with van der Waals surface area (Å²) in [6, 6.07) is 8.24. The number of ether oxygens (including phenoxy) is 1. The molecule has 0 saturated carbocycles. The van der Waals surface area contributed by atoms with Gasteiger partial charge in [-0.3, -0.25) is 4.90 Å². The highest BCUT2D eigenvalue weighted by Gasteiger charge is 2.21. The number of benzene rings is 1. The van der Waals surface area contributed by atoms with Gasteiger partial charge in [0.1, 0.15) is 5.75 Å². The number of likely N-dealkylation sites (N-methyl/N-ethyl adjacent to an activating group) is 1. The second-order valence-electron chi connectivity index (χ2n) is 4.95. The fraction of sp³-hybridized carbons (Fsp3) is 0.571. The second-order valence-corrected chi connectivity index (χ2v) is 4.95. The maximum atomic E-state index is 5.76.